The second kappa shape index (κ2) is 12.9. The van der Waals surface area contributed by atoms with Crippen molar-refractivity contribution in [2.75, 3.05) is 25.1 Å². The summed E-state index contributed by atoms with van der Waals surface area (Å²) in [5.41, 5.74) is 0.732. The Labute approximate surface area is 219 Å². The molecule has 0 saturated heterocycles. The normalized spacial score (nSPS) is 13.9. The monoisotopic (exact) mass is 641 g/mol. The Morgan fingerprint density at radius 1 is 1.14 bits per heavy atom. The van der Waals surface area contributed by atoms with Crippen molar-refractivity contribution >= 4 is 50.6 Å². The third-order valence-electron chi connectivity index (χ3n) is 5.74. The molecule has 200 valence electrons. The zero-order valence-corrected chi connectivity index (χ0v) is 23.9. The van der Waals surface area contributed by atoms with Crippen molar-refractivity contribution in [1.82, 2.24) is 10.8 Å². The zero-order valence-electron chi connectivity index (χ0n) is 20.7. The summed E-state index contributed by atoms with van der Waals surface area (Å²) < 4.78 is 53.0. The van der Waals surface area contributed by atoms with E-state index in [1.165, 1.54) is 10.1 Å². The summed E-state index contributed by atoms with van der Waals surface area (Å²) in [6.45, 7) is 9.26. The van der Waals surface area contributed by atoms with Crippen LogP contribution in [0.15, 0.2) is 27.7 Å². The first-order chi connectivity index (χ1) is 16.8. The maximum absolute atomic E-state index is 15.0. The van der Waals surface area contributed by atoms with Gasteiger partial charge in [0.05, 0.1) is 30.2 Å². The number of aliphatic hydroxyl groups is 1. The number of hydrogen-bond acceptors (Lipinski definition) is 6. The highest BCUT2D eigenvalue weighted by atomic mass is 127. The molecule has 36 heavy (non-hydrogen) atoms. The van der Waals surface area contributed by atoms with Crippen LogP contribution in [-0.2, 0) is 20.6 Å². The minimum absolute atomic E-state index is 0.00521. The number of carbonyl (C=O) groups excluding carboxylic acids is 2. The topological polar surface area (TPSA) is 109 Å². The number of allylic oxidation sites excluding steroid dienone is 2. The van der Waals surface area contributed by atoms with Crippen LogP contribution in [0.2, 0.25) is 18.1 Å². The highest BCUT2D eigenvalue weighted by Gasteiger charge is 2.37. The highest BCUT2D eigenvalue weighted by molar-refractivity contribution is 14.2. The first-order valence-electron chi connectivity index (χ1n) is 11.0. The summed E-state index contributed by atoms with van der Waals surface area (Å²) in [4.78, 5) is 29.4. The molecule has 1 aliphatic heterocycles. The van der Waals surface area contributed by atoms with Crippen molar-refractivity contribution in [2.45, 2.75) is 45.4 Å². The number of aliphatic hydroxyl groups excluding tert-OH is 1. The van der Waals surface area contributed by atoms with E-state index >= 15 is 4.39 Å². The molecule has 0 bridgehead atoms. The lowest BCUT2D eigenvalue weighted by Crippen LogP contribution is -2.42. The van der Waals surface area contributed by atoms with Gasteiger partial charge in [-0.2, -0.15) is 0 Å². The largest absolute Gasteiger partial charge is 0.414 e. The van der Waals surface area contributed by atoms with E-state index in [-0.39, 0.29) is 35.1 Å². The average molecular weight is 642 g/mol. The molecule has 8 nitrogen and oxygen atoms in total. The average Bonchev–Trinajstić information content (AvgIpc) is 2.81. The van der Waals surface area contributed by atoms with Crippen LogP contribution in [0.4, 0.5) is 18.9 Å². The summed E-state index contributed by atoms with van der Waals surface area (Å²) in [5, 5.41) is 13.5. The minimum atomic E-state index is -2.02. The Morgan fingerprint density at radius 2 is 1.83 bits per heavy atom. The third kappa shape index (κ3) is 7.96. The minimum Gasteiger partial charge on any atom is -0.414 e. The second-order valence-corrected chi connectivity index (χ2v) is 16.2. The van der Waals surface area contributed by atoms with Crippen LogP contribution in [0.5, 0.6) is 0 Å². The maximum atomic E-state index is 15.0. The highest BCUT2D eigenvalue weighted by Crippen LogP contribution is 2.36. The second-order valence-electron chi connectivity index (χ2n) is 9.32. The van der Waals surface area contributed by atoms with Gasteiger partial charge in [-0.25, -0.2) is 18.7 Å². The van der Waals surface area contributed by atoms with E-state index in [0.717, 1.165) is 6.07 Å². The number of carbonyl (C=O) groups is 2. The summed E-state index contributed by atoms with van der Waals surface area (Å²) >= 11 is -0.626. The molecule has 1 aliphatic rings. The van der Waals surface area contributed by atoms with Gasteiger partial charge < -0.3 is 20.2 Å². The molecule has 1 aromatic carbocycles. The SMILES string of the molecule is CC(C)(C)[Si](C)(C)OCCONC(=O)c1cc(CNC(=O)CO)c(F)c(F)c1NC1=C(F)C=IC=C1. The van der Waals surface area contributed by atoms with Crippen LogP contribution in [0.3, 0.4) is 0 Å². The molecule has 0 radical (unpaired) electrons. The van der Waals surface area contributed by atoms with Gasteiger partial charge in [-0.05, 0) is 34.4 Å². The van der Waals surface area contributed by atoms with Crippen LogP contribution in [0, 0.1) is 11.6 Å². The van der Waals surface area contributed by atoms with E-state index in [4.69, 9.17) is 14.4 Å². The van der Waals surface area contributed by atoms with Crippen LogP contribution in [-0.4, -0.2) is 49.1 Å². The van der Waals surface area contributed by atoms with Crippen molar-refractivity contribution in [3.05, 3.63) is 50.5 Å². The summed E-state index contributed by atoms with van der Waals surface area (Å²) in [6.07, 6.45) is 1.39. The van der Waals surface area contributed by atoms with Gasteiger partial charge in [-0.3, -0.25) is 14.4 Å². The fourth-order valence-corrected chi connectivity index (χ4v) is 5.10. The van der Waals surface area contributed by atoms with Crippen molar-refractivity contribution in [3.8, 4) is 0 Å². The van der Waals surface area contributed by atoms with E-state index in [0.29, 0.717) is 0 Å². The molecular formula is C23H31F3IN3O5Si. The Balaban J connectivity index is 2.24. The van der Waals surface area contributed by atoms with Gasteiger partial charge in [0.25, 0.3) is 5.91 Å². The Bertz CT molecular complexity index is 1090. The lowest BCUT2D eigenvalue weighted by Gasteiger charge is -2.36. The van der Waals surface area contributed by atoms with Gasteiger partial charge in [-0.1, -0.05) is 41.5 Å². The van der Waals surface area contributed by atoms with E-state index in [9.17, 15) is 18.4 Å². The zero-order chi connectivity index (χ0) is 27.1. The van der Waals surface area contributed by atoms with E-state index in [1.807, 2.05) is 0 Å². The predicted molar refractivity (Wildman–Crippen MR) is 143 cm³/mol. The number of amides is 2. The van der Waals surface area contributed by atoms with E-state index in [1.54, 1.807) is 4.08 Å². The lowest BCUT2D eigenvalue weighted by atomic mass is 10.1. The molecule has 0 saturated carbocycles. The maximum Gasteiger partial charge on any atom is 0.277 e. The third-order valence-corrected chi connectivity index (χ3v) is 12.0. The Kier molecular flexibility index (Phi) is 10.8. The molecule has 0 aromatic heterocycles. The van der Waals surface area contributed by atoms with Crippen LogP contribution in [0.25, 0.3) is 0 Å². The van der Waals surface area contributed by atoms with Crippen molar-refractivity contribution < 1.29 is 37.1 Å². The fraction of sp³-hybridized carbons (Fsp3) is 0.435. The van der Waals surface area contributed by atoms with E-state index in [2.05, 4.69) is 50.0 Å². The molecule has 2 rings (SSSR count). The molecule has 13 heteroatoms. The first kappa shape index (κ1) is 30.2. The molecule has 0 aliphatic carbocycles. The fourth-order valence-electron chi connectivity index (χ4n) is 2.65. The molecule has 0 atom stereocenters. The molecule has 4 N–H and O–H groups in total. The van der Waals surface area contributed by atoms with Crippen molar-refractivity contribution in [2.24, 2.45) is 0 Å². The lowest BCUT2D eigenvalue weighted by molar-refractivity contribution is -0.123. The molecule has 0 fully saturated rings. The molecular weight excluding hydrogens is 610 g/mol. The summed E-state index contributed by atoms with van der Waals surface area (Å²) in [5.74, 6) is -5.16. The number of hydroxylamine groups is 1. The summed E-state index contributed by atoms with van der Waals surface area (Å²) in [6, 6.07) is 1.02. The standard InChI is InChI=1S/C23H31F3IN3O5Si/c1-23(2,3)36(4,5)35-9-8-34-30-22(33)15-10-14(12-28-18(32)13-31)19(25)20(26)21(15)29-17-6-7-27-11-16(17)24/h6-7,10-11,29,31H,8-9,12-13H2,1-5H3,(H,28,32)(H,30,33). The number of benzene rings is 1. The van der Waals surface area contributed by atoms with Crippen LogP contribution < -0.4 is 16.1 Å². The molecule has 1 aromatic rings. The molecule has 0 spiro atoms. The van der Waals surface area contributed by atoms with Gasteiger partial charge in [0, 0.05) is 16.1 Å². The Morgan fingerprint density at radius 3 is 2.44 bits per heavy atom. The number of hydrogen-bond donors (Lipinski definition) is 4. The van der Waals surface area contributed by atoms with Gasteiger partial charge in [-0.15, -0.1) is 0 Å². The van der Waals surface area contributed by atoms with Gasteiger partial charge in [0.1, 0.15) is 6.61 Å². The van der Waals surface area contributed by atoms with Gasteiger partial charge in [0.2, 0.25) is 5.91 Å². The predicted octanol–water partition coefficient (Wildman–Crippen LogP) is 4.15. The number of anilines is 1. The van der Waals surface area contributed by atoms with Crippen LogP contribution >= 0.6 is 20.7 Å². The van der Waals surface area contributed by atoms with Crippen molar-refractivity contribution in [3.63, 3.8) is 0 Å². The molecule has 2 amide bonds. The molecule has 0 unspecified atom stereocenters. The van der Waals surface area contributed by atoms with Crippen LogP contribution in [0.1, 0.15) is 36.7 Å². The Hall–Kier alpha value is -2.07. The quantitative estimate of drug-likeness (QED) is 0.125. The number of halogens is 4. The first-order valence-corrected chi connectivity index (χ1v) is 16.4. The van der Waals surface area contributed by atoms with Gasteiger partial charge >= 0.3 is 0 Å². The van der Waals surface area contributed by atoms with E-state index < -0.39 is 77.2 Å². The van der Waals surface area contributed by atoms with Gasteiger partial charge in [0.15, 0.2) is 25.8 Å². The molecule has 1 heterocycles. The summed E-state index contributed by atoms with van der Waals surface area (Å²) in [7, 11) is -2.02. The smallest absolute Gasteiger partial charge is 0.277 e. The number of nitrogens with one attached hydrogen (secondary N) is 3. The number of rotatable bonds is 11. The van der Waals surface area contributed by atoms with Crippen molar-refractivity contribution in [1.29, 1.82) is 0 Å².